The molecule has 0 spiro atoms. The van der Waals surface area contributed by atoms with Crippen molar-refractivity contribution in [1.29, 1.82) is 0 Å². The number of rotatable bonds is 3. The van der Waals surface area contributed by atoms with Crippen LogP contribution in [0.5, 0.6) is 0 Å². The van der Waals surface area contributed by atoms with Crippen LogP contribution in [0.15, 0.2) is 18.2 Å². The Morgan fingerprint density at radius 2 is 2.16 bits per heavy atom. The van der Waals surface area contributed by atoms with Gasteiger partial charge in [0.15, 0.2) is 0 Å². The SMILES string of the molecule is Cc1cc(N)ccc1NC(=O)CN1CCN(C)C1=O. The van der Waals surface area contributed by atoms with Gasteiger partial charge in [0.2, 0.25) is 5.91 Å². The molecule has 3 N–H and O–H groups in total. The molecule has 1 aliphatic rings. The Morgan fingerprint density at radius 1 is 1.42 bits per heavy atom. The summed E-state index contributed by atoms with van der Waals surface area (Å²) in [5.74, 6) is -0.198. The number of carbonyl (C=O) groups excluding carboxylic acids is 2. The van der Waals surface area contributed by atoms with E-state index in [2.05, 4.69) is 5.32 Å². The lowest BCUT2D eigenvalue weighted by Crippen LogP contribution is -2.36. The quantitative estimate of drug-likeness (QED) is 0.794. The van der Waals surface area contributed by atoms with Crippen molar-refractivity contribution < 1.29 is 9.59 Å². The Balaban J connectivity index is 1.96. The van der Waals surface area contributed by atoms with Crippen LogP contribution < -0.4 is 11.1 Å². The van der Waals surface area contributed by atoms with Gasteiger partial charge in [0.25, 0.3) is 0 Å². The molecule has 6 heteroatoms. The lowest BCUT2D eigenvalue weighted by molar-refractivity contribution is -0.116. The molecule has 0 unspecified atom stereocenters. The average molecular weight is 262 g/mol. The number of hydrogen-bond donors (Lipinski definition) is 2. The monoisotopic (exact) mass is 262 g/mol. The van der Waals surface area contributed by atoms with Gasteiger partial charge in [0.05, 0.1) is 0 Å². The zero-order valence-corrected chi connectivity index (χ0v) is 11.1. The predicted octanol–water partition coefficient (Wildman–Crippen LogP) is 0.883. The van der Waals surface area contributed by atoms with Crippen LogP contribution in [0.4, 0.5) is 16.2 Å². The second-order valence-electron chi connectivity index (χ2n) is 4.75. The molecule has 3 amide bonds. The summed E-state index contributed by atoms with van der Waals surface area (Å²) in [6.07, 6.45) is 0. The van der Waals surface area contributed by atoms with E-state index in [-0.39, 0.29) is 18.5 Å². The Labute approximate surface area is 112 Å². The van der Waals surface area contributed by atoms with Crippen molar-refractivity contribution in [2.24, 2.45) is 0 Å². The summed E-state index contributed by atoms with van der Waals surface area (Å²) in [7, 11) is 1.73. The van der Waals surface area contributed by atoms with E-state index in [1.165, 1.54) is 4.90 Å². The number of carbonyl (C=O) groups is 2. The topological polar surface area (TPSA) is 78.7 Å². The van der Waals surface area contributed by atoms with Crippen molar-refractivity contribution in [3.05, 3.63) is 23.8 Å². The minimum atomic E-state index is -0.198. The number of aryl methyl sites for hydroxylation is 1. The molecule has 102 valence electrons. The molecule has 1 fully saturated rings. The third-order valence-electron chi connectivity index (χ3n) is 3.16. The first-order valence-corrected chi connectivity index (χ1v) is 6.13. The molecule has 19 heavy (non-hydrogen) atoms. The first-order chi connectivity index (χ1) is 8.97. The summed E-state index contributed by atoms with van der Waals surface area (Å²) in [4.78, 5) is 26.7. The molecule has 0 radical (unpaired) electrons. The Bertz CT molecular complexity index is 515. The second kappa shape index (κ2) is 5.17. The van der Waals surface area contributed by atoms with E-state index >= 15 is 0 Å². The van der Waals surface area contributed by atoms with E-state index in [9.17, 15) is 9.59 Å². The summed E-state index contributed by atoms with van der Waals surface area (Å²) < 4.78 is 0. The fraction of sp³-hybridized carbons (Fsp3) is 0.385. The first-order valence-electron chi connectivity index (χ1n) is 6.13. The number of likely N-dealkylation sites (N-methyl/N-ethyl adjacent to an activating group) is 1. The summed E-state index contributed by atoms with van der Waals surface area (Å²) in [6, 6.07) is 5.19. The molecule has 1 saturated heterocycles. The molecular weight excluding hydrogens is 244 g/mol. The van der Waals surface area contributed by atoms with Gasteiger partial charge in [-0.25, -0.2) is 4.79 Å². The van der Waals surface area contributed by atoms with E-state index < -0.39 is 0 Å². The maximum Gasteiger partial charge on any atom is 0.320 e. The molecule has 1 heterocycles. The van der Waals surface area contributed by atoms with Crippen molar-refractivity contribution in [1.82, 2.24) is 9.80 Å². The minimum absolute atomic E-state index is 0.0764. The smallest absolute Gasteiger partial charge is 0.320 e. The summed E-state index contributed by atoms with van der Waals surface area (Å²) >= 11 is 0. The molecule has 1 aliphatic heterocycles. The molecule has 2 rings (SSSR count). The van der Waals surface area contributed by atoms with Gasteiger partial charge >= 0.3 is 6.03 Å². The van der Waals surface area contributed by atoms with E-state index in [1.54, 1.807) is 30.1 Å². The fourth-order valence-electron chi connectivity index (χ4n) is 2.04. The highest BCUT2D eigenvalue weighted by molar-refractivity contribution is 5.95. The number of nitrogens with zero attached hydrogens (tertiary/aromatic N) is 2. The molecule has 0 atom stereocenters. The summed E-state index contributed by atoms with van der Waals surface area (Å²) in [5, 5.41) is 2.79. The summed E-state index contributed by atoms with van der Waals surface area (Å²) in [6.45, 7) is 3.20. The molecule has 1 aromatic carbocycles. The van der Waals surface area contributed by atoms with Crippen LogP contribution in [0.3, 0.4) is 0 Å². The van der Waals surface area contributed by atoms with Crippen molar-refractivity contribution in [3.8, 4) is 0 Å². The molecule has 0 bridgehead atoms. The van der Waals surface area contributed by atoms with Crippen LogP contribution in [0, 0.1) is 6.92 Å². The number of nitrogens with two attached hydrogens (primary N) is 1. The molecule has 1 aromatic rings. The first kappa shape index (κ1) is 13.2. The molecule has 0 saturated carbocycles. The molecular formula is C13H18N4O2. The van der Waals surface area contributed by atoms with Gasteiger partial charge in [-0.2, -0.15) is 0 Å². The lowest BCUT2D eigenvalue weighted by atomic mass is 10.2. The third-order valence-corrected chi connectivity index (χ3v) is 3.16. The minimum Gasteiger partial charge on any atom is -0.399 e. The number of anilines is 2. The van der Waals surface area contributed by atoms with Crippen LogP contribution in [0.2, 0.25) is 0 Å². The average Bonchev–Trinajstić information content (AvgIpc) is 2.65. The predicted molar refractivity (Wildman–Crippen MR) is 73.8 cm³/mol. The van der Waals surface area contributed by atoms with Crippen LogP contribution in [0.1, 0.15) is 5.56 Å². The van der Waals surface area contributed by atoms with E-state index in [4.69, 9.17) is 5.73 Å². The van der Waals surface area contributed by atoms with Gasteiger partial charge in [-0.3, -0.25) is 4.79 Å². The largest absolute Gasteiger partial charge is 0.399 e. The molecule has 6 nitrogen and oxygen atoms in total. The van der Waals surface area contributed by atoms with Gasteiger partial charge in [0.1, 0.15) is 6.54 Å². The van der Waals surface area contributed by atoms with Crippen LogP contribution in [0.25, 0.3) is 0 Å². The van der Waals surface area contributed by atoms with Gasteiger partial charge in [0, 0.05) is 31.5 Å². The highest BCUT2D eigenvalue weighted by Crippen LogP contribution is 2.17. The van der Waals surface area contributed by atoms with Gasteiger partial charge in [-0.15, -0.1) is 0 Å². The highest BCUT2D eigenvalue weighted by atomic mass is 16.2. The molecule has 0 aliphatic carbocycles. The van der Waals surface area contributed by atoms with Gasteiger partial charge in [-0.05, 0) is 30.7 Å². The number of nitrogens with one attached hydrogen (secondary N) is 1. The number of amides is 3. The highest BCUT2D eigenvalue weighted by Gasteiger charge is 2.26. The summed E-state index contributed by atoms with van der Waals surface area (Å²) in [5.41, 5.74) is 7.93. The van der Waals surface area contributed by atoms with Crippen LogP contribution >= 0.6 is 0 Å². The normalized spacial score (nSPS) is 14.9. The Kier molecular flexibility index (Phi) is 3.59. The Morgan fingerprint density at radius 3 is 2.74 bits per heavy atom. The number of benzene rings is 1. The van der Waals surface area contributed by atoms with E-state index in [1.807, 2.05) is 6.92 Å². The van der Waals surface area contributed by atoms with Crippen molar-refractivity contribution in [2.45, 2.75) is 6.92 Å². The maximum atomic E-state index is 11.9. The molecule has 0 aromatic heterocycles. The second-order valence-corrected chi connectivity index (χ2v) is 4.75. The van der Waals surface area contributed by atoms with Crippen LogP contribution in [-0.4, -0.2) is 48.4 Å². The van der Waals surface area contributed by atoms with Crippen molar-refractivity contribution >= 4 is 23.3 Å². The van der Waals surface area contributed by atoms with E-state index in [0.29, 0.717) is 18.8 Å². The third kappa shape index (κ3) is 2.96. The Hall–Kier alpha value is -2.24. The number of urea groups is 1. The lowest BCUT2D eigenvalue weighted by Gasteiger charge is -2.16. The zero-order valence-electron chi connectivity index (χ0n) is 11.1. The maximum absolute atomic E-state index is 11.9. The van der Waals surface area contributed by atoms with E-state index in [0.717, 1.165) is 11.3 Å². The zero-order chi connectivity index (χ0) is 14.0. The number of hydrogen-bond acceptors (Lipinski definition) is 3. The van der Waals surface area contributed by atoms with Crippen molar-refractivity contribution in [2.75, 3.05) is 37.7 Å². The van der Waals surface area contributed by atoms with Gasteiger partial charge in [-0.1, -0.05) is 0 Å². The van der Waals surface area contributed by atoms with Gasteiger partial charge < -0.3 is 20.9 Å². The standard InChI is InChI=1S/C13H18N4O2/c1-9-7-10(14)3-4-11(9)15-12(18)8-17-6-5-16(2)13(17)19/h3-4,7H,5-6,8,14H2,1-2H3,(H,15,18). The fourth-order valence-corrected chi connectivity index (χ4v) is 2.04. The van der Waals surface area contributed by atoms with Crippen LogP contribution in [-0.2, 0) is 4.79 Å². The number of nitrogen functional groups attached to an aromatic ring is 1. The van der Waals surface area contributed by atoms with Crippen molar-refractivity contribution in [3.63, 3.8) is 0 Å².